The largest absolute Gasteiger partial charge is 0.366 e. The Morgan fingerprint density at radius 1 is 1.40 bits per heavy atom. The minimum atomic E-state index is -0.531. The number of halogens is 1. The van der Waals surface area contributed by atoms with Gasteiger partial charge in [0.15, 0.2) is 0 Å². The van der Waals surface area contributed by atoms with Crippen LogP contribution in [0.1, 0.15) is 24.8 Å². The average molecular weight is 281 g/mol. The van der Waals surface area contributed by atoms with Gasteiger partial charge >= 0.3 is 0 Å². The fourth-order valence-corrected chi connectivity index (χ4v) is 2.67. The van der Waals surface area contributed by atoms with Crippen LogP contribution in [0.2, 0.25) is 0 Å². The first-order valence-electron chi connectivity index (χ1n) is 6.89. The molecule has 1 aliphatic heterocycles. The van der Waals surface area contributed by atoms with Crippen molar-refractivity contribution in [3.8, 4) is 0 Å². The highest BCUT2D eigenvalue weighted by Crippen LogP contribution is 2.32. The summed E-state index contributed by atoms with van der Waals surface area (Å²) in [5.41, 5.74) is 0.776. The minimum absolute atomic E-state index is 0.159. The van der Waals surface area contributed by atoms with Crippen molar-refractivity contribution in [2.75, 3.05) is 25.0 Å². The molecule has 0 amide bonds. The molecule has 0 aliphatic carbocycles. The Bertz CT molecular complexity index is 499. The van der Waals surface area contributed by atoms with E-state index < -0.39 is 10.7 Å². The van der Waals surface area contributed by atoms with E-state index in [-0.39, 0.29) is 11.7 Å². The molecule has 1 aromatic rings. The van der Waals surface area contributed by atoms with Crippen LogP contribution in [0.5, 0.6) is 0 Å². The second-order valence-corrected chi connectivity index (χ2v) is 5.29. The third kappa shape index (κ3) is 3.07. The van der Waals surface area contributed by atoms with Gasteiger partial charge in [0.2, 0.25) is 0 Å². The van der Waals surface area contributed by atoms with Crippen LogP contribution < -0.4 is 10.2 Å². The van der Waals surface area contributed by atoms with E-state index in [0.29, 0.717) is 11.3 Å². The lowest BCUT2D eigenvalue weighted by atomic mass is 10.1. The highest BCUT2D eigenvalue weighted by molar-refractivity contribution is 5.65. The maximum atomic E-state index is 13.6. The number of anilines is 1. The lowest BCUT2D eigenvalue weighted by Crippen LogP contribution is -2.33. The van der Waals surface area contributed by atoms with Crippen LogP contribution >= 0.6 is 0 Å². The summed E-state index contributed by atoms with van der Waals surface area (Å²) in [6.45, 7) is 3.52. The Morgan fingerprint density at radius 3 is 2.85 bits per heavy atom. The average Bonchev–Trinajstić information content (AvgIpc) is 2.69. The molecule has 2 rings (SSSR count). The van der Waals surface area contributed by atoms with Crippen molar-refractivity contribution in [1.82, 2.24) is 5.32 Å². The van der Waals surface area contributed by atoms with Gasteiger partial charge in [-0.25, -0.2) is 4.39 Å². The summed E-state index contributed by atoms with van der Waals surface area (Å²) >= 11 is 0. The van der Waals surface area contributed by atoms with Crippen LogP contribution in [0.3, 0.4) is 0 Å². The van der Waals surface area contributed by atoms with Gasteiger partial charge in [0.05, 0.1) is 11.0 Å². The van der Waals surface area contributed by atoms with Crippen molar-refractivity contribution in [2.45, 2.75) is 32.2 Å². The molecule has 0 spiro atoms. The van der Waals surface area contributed by atoms with E-state index >= 15 is 0 Å². The zero-order chi connectivity index (χ0) is 14.7. The Morgan fingerprint density at radius 2 is 2.15 bits per heavy atom. The lowest BCUT2D eigenvalue weighted by molar-refractivity contribution is -0.384. The van der Waals surface area contributed by atoms with E-state index in [1.54, 1.807) is 13.0 Å². The highest BCUT2D eigenvalue weighted by atomic mass is 19.1. The lowest BCUT2D eigenvalue weighted by Gasteiger charge is -2.29. The topological polar surface area (TPSA) is 58.4 Å². The summed E-state index contributed by atoms with van der Waals surface area (Å²) in [4.78, 5) is 12.6. The predicted molar refractivity (Wildman–Crippen MR) is 76.7 cm³/mol. The normalized spacial score (nSPS) is 19.4. The van der Waals surface area contributed by atoms with Gasteiger partial charge in [0.1, 0.15) is 11.5 Å². The number of benzene rings is 1. The first-order chi connectivity index (χ1) is 9.50. The molecule has 1 saturated heterocycles. The molecule has 0 saturated carbocycles. The Balaban J connectivity index is 2.34. The molecule has 1 aliphatic rings. The summed E-state index contributed by atoms with van der Waals surface area (Å²) in [6, 6.07) is 2.84. The molecule has 0 bridgehead atoms. The molecule has 20 heavy (non-hydrogen) atoms. The van der Waals surface area contributed by atoms with Gasteiger partial charge < -0.3 is 10.2 Å². The Kier molecular flexibility index (Phi) is 4.54. The molecule has 1 N–H and O–H groups in total. The molecule has 1 unspecified atom stereocenters. The zero-order valence-corrected chi connectivity index (χ0v) is 11.9. The summed E-state index contributed by atoms with van der Waals surface area (Å²) in [5, 5.41) is 14.5. The number of nitrogens with one attached hydrogen (secondary N) is 1. The van der Waals surface area contributed by atoms with Crippen LogP contribution in [0, 0.1) is 22.9 Å². The third-order valence-corrected chi connectivity index (χ3v) is 3.93. The van der Waals surface area contributed by atoms with Gasteiger partial charge in [0, 0.05) is 13.1 Å². The van der Waals surface area contributed by atoms with Gasteiger partial charge in [-0.2, -0.15) is 0 Å². The molecule has 1 heterocycles. The van der Waals surface area contributed by atoms with E-state index in [0.717, 1.165) is 38.4 Å². The number of aryl methyl sites for hydroxylation is 1. The van der Waals surface area contributed by atoms with Crippen molar-refractivity contribution >= 4 is 11.4 Å². The molecular weight excluding hydrogens is 261 g/mol. The molecule has 1 atom stereocenters. The van der Waals surface area contributed by atoms with Gasteiger partial charge in [0.25, 0.3) is 5.69 Å². The molecule has 110 valence electrons. The molecular formula is C14H20FN3O2. The first-order valence-corrected chi connectivity index (χ1v) is 6.89. The maximum Gasteiger partial charge on any atom is 0.295 e. The summed E-state index contributed by atoms with van der Waals surface area (Å²) in [7, 11) is 1.86. The molecule has 6 heteroatoms. The van der Waals surface area contributed by atoms with E-state index in [4.69, 9.17) is 0 Å². The van der Waals surface area contributed by atoms with E-state index in [9.17, 15) is 14.5 Å². The highest BCUT2D eigenvalue weighted by Gasteiger charge is 2.25. The third-order valence-electron chi connectivity index (χ3n) is 3.93. The molecule has 1 fully saturated rings. The summed E-state index contributed by atoms with van der Waals surface area (Å²) in [6.07, 6.45) is 2.96. The number of hydrogen-bond acceptors (Lipinski definition) is 4. The summed E-state index contributed by atoms with van der Waals surface area (Å²) < 4.78 is 13.6. The van der Waals surface area contributed by atoms with Crippen LogP contribution in [-0.4, -0.2) is 31.1 Å². The fourth-order valence-electron chi connectivity index (χ4n) is 2.67. The standard InChI is InChI=1S/C14H20FN3O2/c1-10-8-13(14(18(19)20)9-12(10)15)17(2)11-4-3-6-16-7-5-11/h8-9,11,16H,3-7H2,1-2H3. The SMILES string of the molecule is Cc1cc(N(C)C2CCCNCC2)c([N+](=O)[O-])cc1F. The van der Waals surface area contributed by atoms with Gasteiger partial charge in [-0.15, -0.1) is 0 Å². The Hall–Kier alpha value is -1.69. The van der Waals surface area contributed by atoms with Crippen molar-refractivity contribution < 1.29 is 9.31 Å². The van der Waals surface area contributed by atoms with Crippen LogP contribution in [0.4, 0.5) is 15.8 Å². The summed E-state index contributed by atoms with van der Waals surface area (Å²) in [5.74, 6) is -0.531. The van der Waals surface area contributed by atoms with Gasteiger partial charge in [-0.05, 0) is 50.9 Å². The van der Waals surface area contributed by atoms with E-state index in [2.05, 4.69) is 5.32 Å². The van der Waals surface area contributed by atoms with Gasteiger partial charge in [-0.1, -0.05) is 0 Å². The van der Waals surface area contributed by atoms with Crippen LogP contribution in [0.15, 0.2) is 12.1 Å². The van der Waals surface area contributed by atoms with E-state index in [1.165, 1.54) is 0 Å². The molecule has 5 nitrogen and oxygen atoms in total. The van der Waals surface area contributed by atoms with Crippen LogP contribution in [-0.2, 0) is 0 Å². The number of nitro groups is 1. The molecule has 0 radical (unpaired) electrons. The smallest absolute Gasteiger partial charge is 0.295 e. The van der Waals surface area contributed by atoms with Crippen LogP contribution in [0.25, 0.3) is 0 Å². The predicted octanol–water partition coefficient (Wildman–Crippen LogP) is 2.62. The second-order valence-electron chi connectivity index (χ2n) is 5.29. The number of nitro benzene ring substituents is 1. The minimum Gasteiger partial charge on any atom is -0.366 e. The maximum absolute atomic E-state index is 13.6. The number of nitrogens with zero attached hydrogens (tertiary/aromatic N) is 2. The zero-order valence-electron chi connectivity index (χ0n) is 11.9. The fraction of sp³-hybridized carbons (Fsp3) is 0.571. The van der Waals surface area contributed by atoms with Crippen molar-refractivity contribution in [2.24, 2.45) is 0 Å². The molecule has 1 aromatic carbocycles. The monoisotopic (exact) mass is 281 g/mol. The number of rotatable bonds is 3. The van der Waals surface area contributed by atoms with Crippen molar-refractivity contribution in [3.63, 3.8) is 0 Å². The van der Waals surface area contributed by atoms with Crippen molar-refractivity contribution in [3.05, 3.63) is 33.6 Å². The Labute approximate surface area is 117 Å². The van der Waals surface area contributed by atoms with Crippen molar-refractivity contribution in [1.29, 1.82) is 0 Å². The van der Waals surface area contributed by atoms with E-state index in [1.807, 2.05) is 11.9 Å². The molecule has 0 aromatic heterocycles. The first kappa shape index (κ1) is 14.7. The van der Waals surface area contributed by atoms with Gasteiger partial charge in [-0.3, -0.25) is 10.1 Å². The second kappa shape index (κ2) is 6.17. The quantitative estimate of drug-likeness (QED) is 0.683. The number of hydrogen-bond donors (Lipinski definition) is 1.